The summed E-state index contributed by atoms with van der Waals surface area (Å²) in [5, 5.41) is 11.0. The van der Waals surface area contributed by atoms with Gasteiger partial charge in [-0.25, -0.2) is 8.78 Å². The van der Waals surface area contributed by atoms with Gasteiger partial charge in [0.25, 0.3) is 0 Å². The molecule has 1 nitrogen and oxygen atoms in total. The third kappa shape index (κ3) is 3.00. The summed E-state index contributed by atoms with van der Waals surface area (Å²) in [6.45, 7) is 1.77. The summed E-state index contributed by atoms with van der Waals surface area (Å²) in [5.41, 5.74) is -0.559. The topological polar surface area (TPSA) is 20.2 Å². The second kappa shape index (κ2) is 5.90. The summed E-state index contributed by atoms with van der Waals surface area (Å²) >= 11 is 5.97. The van der Waals surface area contributed by atoms with Crippen molar-refractivity contribution in [3.05, 3.63) is 70.2 Å². The fourth-order valence-corrected chi connectivity index (χ4v) is 2.46. The molecule has 1 atom stereocenters. The maximum absolute atomic E-state index is 13.9. The maximum Gasteiger partial charge on any atom is 0.129 e. The fraction of sp³-hybridized carbons (Fsp3) is 0.250. The lowest BCUT2D eigenvalue weighted by Crippen LogP contribution is -2.29. The minimum absolute atomic E-state index is 0.129. The van der Waals surface area contributed by atoms with Crippen molar-refractivity contribution in [3.8, 4) is 0 Å². The summed E-state index contributed by atoms with van der Waals surface area (Å²) in [5.74, 6) is -0.903. The van der Waals surface area contributed by atoms with Crippen molar-refractivity contribution in [1.82, 2.24) is 0 Å². The number of hydrogen-bond acceptors (Lipinski definition) is 1. The molecule has 0 saturated heterocycles. The first-order valence-electron chi connectivity index (χ1n) is 6.37. The molecular formula is C16H15ClF2O. The SMILES string of the molecule is CCC(O)(Cc1ccc(F)cc1Cl)c1ccccc1F. The second-order valence-corrected chi connectivity index (χ2v) is 5.18. The van der Waals surface area contributed by atoms with Gasteiger partial charge in [0.2, 0.25) is 0 Å². The Morgan fingerprint density at radius 1 is 1.15 bits per heavy atom. The highest BCUT2D eigenvalue weighted by molar-refractivity contribution is 6.31. The van der Waals surface area contributed by atoms with Crippen LogP contribution in [-0.2, 0) is 12.0 Å². The molecule has 1 N–H and O–H groups in total. The van der Waals surface area contributed by atoms with E-state index in [0.717, 1.165) is 0 Å². The molecule has 0 aliphatic carbocycles. The standard InChI is InChI=1S/C16H15ClF2O/c1-2-16(20,13-5-3-4-6-15(13)19)10-11-7-8-12(18)9-14(11)17/h3-9,20H,2,10H2,1H3. The molecule has 2 rings (SSSR count). The minimum atomic E-state index is -1.37. The Balaban J connectivity index is 2.39. The fourth-order valence-electron chi connectivity index (χ4n) is 2.23. The van der Waals surface area contributed by atoms with Crippen molar-refractivity contribution in [3.63, 3.8) is 0 Å². The molecule has 0 aliphatic rings. The highest BCUT2D eigenvalue weighted by Crippen LogP contribution is 2.33. The molecule has 0 saturated carbocycles. The zero-order valence-electron chi connectivity index (χ0n) is 11.0. The van der Waals surface area contributed by atoms with E-state index in [0.29, 0.717) is 12.0 Å². The van der Waals surface area contributed by atoms with E-state index in [-0.39, 0.29) is 17.0 Å². The molecule has 20 heavy (non-hydrogen) atoms. The maximum atomic E-state index is 13.9. The van der Waals surface area contributed by atoms with Crippen LogP contribution >= 0.6 is 11.6 Å². The predicted octanol–water partition coefficient (Wildman–Crippen LogP) is 4.46. The Kier molecular flexibility index (Phi) is 4.41. The Morgan fingerprint density at radius 3 is 2.45 bits per heavy atom. The van der Waals surface area contributed by atoms with Crippen LogP contribution in [0.4, 0.5) is 8.78 Å². The van der Waals surface area contributed by atoms with Crippen LogP contribution in [0.25, 0.3) is 0 Å². The van der Waals surface area contributed by atoms with Gasteiger partial charge in [0.05, 0.1) is 5.60 Å². The lowest BCUT2D eigenvalue weighted by molar-refractivity contribution is 0.0291. The Hall–Kier alpha value is -1.45. The monoisotopic (exact) mass is 296 g/mol. The minimum Gasteiger partial charge on any atom is -0.385 e. The average molecular weight is 297 g/mol. The molecule has 0 spiro atoms. The van der Waals surface area contributed by atoms with Crippen LogP contribution in [0.1, 0.15) is 24.5 Å². The molecule has 106 valence electrons. The van der Waals surface area contributed by atoms with Gasteiger partial charge in [0, 0.05) is 17.0 Å². The summed E-state index contributed by atoms with van der Waals surface area (Å²) in [4.78, 5) is 0. The molecule has 0 heterocycles. The van der Waals surface area contributed by atoms with Crippen molar-refractivity contribution < 1.29 is 13.9 Å². The quantitative estimate of drug-likeness (QED) is 0.883. The lowest BCUT2D eigenvalue weighted by Gasteiger charge is -2.28. The molecule has 2 aromatic carbocycles. The highest BCUT2D eigenvalue weighted by Gasteiger charge is 2.31. The number of benzene rings is 2. The zero-order chi connectivity index (χ0) is 14.8. The predicted molar refractivity (Wildman–Crippen MR) is 75.7 cm³/mol. The number of aliphatic hydroxyl groups is 1. The van der Waals surface area contributed by atoms with Crippen LogP contribution in [0.3, 0.4) is 0 Å². The van der Waals surface area contributed by atoms with E-state index in [1.807, 2.05) is 0 Å². The Bertz CT molecular complexity index is 615. The van der Waals surface area contributed by atoms with Gasteiger partial charge in [0.15, 0.2) is 0 Å². The van der Waals surface area contributed by atoms with Gasteiger partial charge in [-0.1, -0.05) is 42.8 Å². The highest BCUT2D eigenvalue weighted by atomic mass is 35.5. The van der Waals surface area contributed by atoms with Crippen LogP contribution in [0, 0.1) is 11.6 Å². The van der Waals surface area contributed by atoms with E-state index < -0.39 is 17.2 Å². The first-order valence-corrected chi connectivity index (χ1v) is 6.75. The molecule has 0 fully saturated rings. The number of halogens is 3. The molecule has 1 unspecified atom stereocenters. The number of rotatable bonds is 4. The Morgan fingerprint density at radius 2 is 1.85 bits per heavy atom. The summed E-state index contributed by atoms with van der Waals surface area (Å²) in [6.07, 6.45) is 0.450. The van der Waals surface area contributed by atoms with Gasteiger partial charge < -0.3 is 5.11 Å². The molecule has 0 radical (unpaired) electrons. The lowest BCUT2D eigenvalue weighted by atomic mass is 9.84. The largest absolute Gasteiger partial charge is 0.385 e. The van der Waals surface area contributed by atoms with Crippen molar-refractivity contribution >= 4 is 11.6 Å². The van der Waals surface area contributed by atoms with E-state index >= 15 is 0 Å². The van der Waals surface area contributed by atoms with Crippen LogP contribution in [0.2, 0.25) is 5.02 Å². The van der Waals surface area contributed by atoms with E-state index in [9.17, 15) is 13.9 Å². The van der Waals surface area contributed by atoms with E-state index in [2.05, 4.69) is 0 Å². The van der Waals surface area contributed by atoms with Gasteiger partial charge in [-0.2, -0.15) is 0 Å². The molecule has 0 aromatic heterocycles. The summed E-state index contributed by atoms with van der Waals surface area (Å²) in [6, 6.07) is 10.1. The summed E-state index contributed by atoms with van der Waals surface area (Å²) < 4.78 is 26.9. The average Bonchev–Trinajstić information content (AvgIpc) is 2.42. The van der Waals surface area contributed by atoms with Crippen LogP contribution in [-0.4, -0.2) is 5.11 Å². The van der Waals surface area contributed by atoms with Crippen LogP contribution in [0.15, 0.2) is 42.5 Å². The van der Waals surface area contributed by atoms with E-state index in [1.54, 1.807) is 25.1 Å². The molecule has 4 heteroatoms. The Labute approximate surface area is 121 Å². The molecule has 0 aliphatic heterocycles. The van der Waals surface area contributed by atoms with Crippen molar-refractivity contribution in [2.45, 2.75) is 25.4 Å². The normalized spacial score (nSPS) is 14.1. The van der Waals surface area contributed by atoms with E-state index in [4.69, 9.17) is 11.6 Å². The van der Waals surface area contributed by atoms with Gasteiger partial charge in [-0.05, 0) is 30.2 Å². The number of hydrogen-bond donors (Lipinski definition) is 1. The molecular weight excluding hydrogens is 282 g/mol. The first kappa shape index (κ1) is 14.9. The second-order valence-electron chi connectivity index (χ2n) is 4.78. The van der Waals surface area contributed by atoms with Gasteiger partial charge >= 0.3 is 0 Å². The van der Waals surface area contributed by atoms with Gasteiger partial charge in [-0.15, -0.1) is 0 Å². The zero-order valence-corrected chi connectivity index (χ0v) is 11.8. The van der Waals surface area contributed by atoms with Crippen LogP contribution < -0.4 is 0 Å². The van der Waals surface area contributed by atoms with E-state index in [1.165, 1.54) is 24.3 Å². The third-order valence-corrected chi connectivity index (χ3v) is 3.81. The van der Waals surface area contributed by atoms with Crippen LogP contribution in [0.5, 0.6) is 0 Å². The van der Waals surface area contributed by atoms with Gasteiger partial charge in [-0.3, -0.25) is 0 Å². The van der Waals surface area contributed by atoms with Gasteiger partial charge in [0.1, 0.15) is 11.6 Å². The van der Waals surface area contributed by atoms with Crippen molar-refractivity contribution in [2.24, 2.45) is 0 Å². The molecule has 0 amide bonds. The van der Waals surface area contributed by atoms with Crippen molar-refractivity contribution in [1.29, 1.82) is 0 Å². The third-order valence-electron chi connectivity index (χ3n) is 3.46. The first-order chi connectivity index (χ1) is 9.46. The van der Waals surface area contributed by atoms with Crippen molar-refractivity contribution in [2.75, 3.05) is 0 Å². The molecule has 2 aromatic rings. The summed E-state index contributed by atoms with van der Waals surface area (Å²) in [7, 11) is 0. The smallest absolute Gasteiger partial charge is 0.129 e. The molecule has 0 bridgehead atoms.